The van der Waals surface area contributed by atoms with Gasteiger partial charge < -0.3 is 20.1 Å². The standard InChI is InChI=1S/C20H22N4O/c1-23-10-12-24(13-11-23)19-9-5-4-8-17(19)22-20(25)18-14-15-6-2-3-7-16(15)21-18/h2-9,14,21H,10-13H2,1H3,(H,22,25). The SMILES string of the molecule is CN1CCN(c2ccccc2NC(=O)c2cc3ccccc3[nH]2)CC1. The van der Waals surface area contributed by atoms with E-state index < -0.39 is 0 Å². The van der Waals surface area contributed by atoms with Gasteiger partial charge in [-0.05, 0) is 31.3 Å². The van der Waals surface area contributed by atoms with Crippen molar-refractivity contribution in [3.63, 3.8) is 0 Å². The minimum atomic E-state index is -0.113. The molecule has 1 aliphatic rings. The highest BCUT2D eigenvalue weighted by Crippen LogP contribution is 2.27. The molecule has 1 amide bonds. The normalized spacial score (nSPS) is 15.5. The van der Waals surface area contributed by atoms with Crippen LogP contribution in [-0.4, -0.2) is 49.0 Å². The second-order valence-electron chi connectivity index (χ2n) is 6.53. The van der Waals surface area contributed by atoms with E-state index in [1.165, 1.54) is 0 Å². The number of carbonyl (C=O) groups is 1. The molecule has 1 fully saturated rings. The first-order valence-corrected chi connectivity index (χ1v) is 8.62. The van der Waals surface area contributed by atoms with Gasteiger partial charge in [0.25, 0.3) is 5.91 Å². The molecular formula is C20H22N4O. The molecule has 25 heavy (non-hydrogen) atoms. The maximum Gasteiger partial charge on any atom is 0.272 e. The van der Waals surface area contributed by atoms with Gasteiger partial charge in [-0.25, -0.2) is 0 Å². The lowest BCUT2D eigenvalue weighted by Gasteiger charge is -2.35. The van der Waals surface area contributed by atoms with Crippen molar-refractivity contribution in [2.45, 2.75) is 0 Å². The summed E-state index contributed by atoms with van der Waals surface area (Å²) in [5, 5.41) is 4.11. The van der Waals surface area contributed by atoms with Gasteiger partial charge >= 0.3 is 0 Å². The smallest absolute Gasteiger partial charge is 0.272 e. The van der Waals surface area contributed by atoms with Crippen molar-refractivity contribution >= 4 is 28.2 Å². The lowest BCUT2D eigenvalue weighted by molar-refractivity contribution is 0.102. The number of H-pyrrole nitrogens is 1. The lowest BCUT2D eigenvalue weighted by atomic mass is 10.2. The lowest BCUT2D eigenvalue weighted by Crippen LogP contribution is -2.44. The van der Waals surface area contributed by atoms with Crippen LogP contribution >= 0.6 is 0 Å². The third-order valence-electron chi connectivity index (χ3n) is 4.77. The molecule has 1 saturated heterocycles. The molecule has 0 radical (unpaired) electrons. The summed E-state index contributed by atoms with van der Waals surface area (Å²) in [5.74, 6) is -0.113. The number of hydrogen-bond donors (Lipinski definition) is 2. The number of rotatable bonds is 3. The first-order valence-electron chi connectivity index (χ1n) is 8.62. The fourth-order valence-corrected chi connectivity index (χ4v) is 3.29. The third-order valence-corrected chi connectivity index (χ3v) is 4.77. The topological polar surface area (TPSA) is 51.4 Å². The Bertz CT molecular complexity index is 860. The number of fused-ring (bicyclic) bond motifs is 1. The first-order chi connectivity index (χ1) is 12.2. The van der Waals surface area contributed by atoms with E-state index in [0.717, 1.165) is 48.5 Å². The zero-order valence-electron chi connectivity index (χ0n) is 14.3. The molecule has 0 unspecified atom stereocenters. The molecule has 3 aromatic rings. The Hall–Kier alpha value is -2.79. The van der Waals surface area contributed by atoms with Gasteiger partial charge in [-0.3, -0.25) is 4.79 Å². The van der Waals surface area contributed by atoms with E-state index in [1.807, 2.05) is 48.5 Å². The van der Waals surface area contributed by atoms with Gasteiger partial charge in [0.1, 0.15) is 5.69 Å². The molecule has 0 spiro atoms. The fourth-order valence-electron chi connectivity index (χ4n) is 3.29. The molecular weight excluding hydrogens is 312 g/mol. The van der Waals surface area contributed by atoms with Crippen molar-refractivity contribution < 1.29 is 4.79 Å². The number of piperazine rings is 1. The summed E-state index contributed by atoms with van der Waals surface area (Å²) in [6.07, 6.45) is 0. The predicted molar refractivity (Wildman–Crippen MR) is 102 cm³/mol. The molecule has 2 N–H and O–H groups in total. The highest BCUT2D eigenvalue weighted by molar-refractivity contribution is 6.07. The number of para-hydroxylation sites is 3. The Balaban J connectivity index is 1.57. The van der Waals surface area contributed by atoms with Gasteiger partial charge in [0.2, 0.25) is 0 Å². The average Bonchev–Trinajstić information content (AvgIpc) is 3.07. The number of hydrogen-bond acceptors (Lipinski definition) is 3. The minimum absolute atomic E-state index is 0.113. The molecule has 1 aliphatic heterocycles. The monoisotopic (exact) mass is 334 g/mol. The summed E-state index contributed by atoms with van der Waals surface area (Å²) >= 11 is 0. The van der Waals surface area contributed by atoms with Crippen LogP contribution in [0.15, 0.2) is 54.6 Å². The molecule has 5 heteroatoms. The first kappa shape index (κ1) is 15.7. The Morgan fingerprint density at radius 3 is 2.52 bits per heavy atom. The van der Waals surface area contributed by atoms with Crippen LogP contribution in [0, 0.1) is 0 Å². The summed E-state index contributed by atoms with van der Waals surface area (Å²) < 4.78 is 0. The van der Waals surface area contributed by atoms with Crippen LogP contribution in [0.25, 0.3) is 10.9 Å². The van der Waals surface area contributed by atoms with Gasteiger partial charge in [-0.1, -0.05) is 30.3 Å². The minimum Gasteiger partial charge on any atom is -0.367 e. The highest BCUT2D eigenvalue weighted by Gasteiger charge is 2.18. The quantitative estimate of drug-likeness (QED) is 0.773. The summed E-state index contributed by atoms with van der Waals surface area (Å²) in [6, 6.07) is 17.8. The van der Waals surface area contributed by atoms with Crippen LogP contribution in [0.4, 0.5) is 11.4 Å². The van der Waals surface area contributed by atoms with Crippen LogP contribution in [-0.2, 0) is 0 Å². The number of anilines is 2. The molecule has 0 saturated carbocycles. The van der Waals surface area contributed by atoms with E-state index in [1.54, 1.807) is 0 Å². The molecule has 4 rings (SSSR count). The number of nitrogens with one attached hydrogen (secondary N) is 2. The van der Waals surface area contributed by atoms with Crippen LogP contribution in [0.5, 0.6) is 0 Å². The summed E-state index contributed by atoms with van der Waals surface area (Å²) in [5.41, 5.74) is 3.49. The second-order valence-corrected chi connectivity index (χ2v) is 6.53. The van der Waals surface area contributed by atoms with Crippen molar-refractivity contribution in [2.24, 2.45) is 0 Å². The van der Waals surface area contributed by atoms with Gasteiger partial charge in [-0.2, -0.15) is 0 Å². The third kappa shape index (κ3) is 3.23. The number of amides is 1. The highest BCUT2D eigenvalue weighted by atomic mass is 16.1. The van der Waals surface area contributed by atoms with Crippen LogP contribution in [0.3, 0.4) is 0 Å². The van der Waals surface area contributed by atoms with Gasteiger partial charge in [0, 0.05) is 37.1 Å². The fraction of sp³-hybridized carbons (Fsp3) is 0.250. The van der Waals surface area contributed by atoms with E-state index in [-0.39, 0.29) is 5.91 Å². The number of nitrogens with zero attached hydrogens (tertiary/aromatic N) is 2. The van der Waals surface area contributed by atoms with Gasteiger partial charge in [-0.15, -0.1) is 0 Å². The van der Waals surface area contributed by atoms with Gasteiger partial charge in [0.15, 0.2) is 0 Å². The molecule has 1 aromatic heterocycles. The predicted octanol–water partition coefficient (Wildman–Crippen LogP) is 3.17. The van der Waals surface area contributed by atoms with Crippen molar-refractivity contribution in [3.05, 3.63) is 60.3 Å². The van der Waals surface area contributed by atoms with Crippen molar-refractivity contribution in [1.29, 1.82) is 0 Å². The summed E-state index contributed by atoms with van der Waals surface area (Å²) in [4.78, 5) is 20.5. The van der Waals surface area contributed by atoms with E-state index >= 15 is 0 Å². The molecule has 5 nitrogen and oxygen atoms in total. The zero-order chi connectivity index (χ0) is 17.2. The average molecular weight is 334 g/mol. The maximum absolute atomic E-state index is 12.7. The number of likely N-dealkylation sites (N-methyl/N-ethyl adjacent to an activating group) is 1. The molecule has 2 heterocycles. The number of benzene rings is 2. The molecule has 128 valence electrons. The zero-order valence-corrected chi connectivity index (χ0v) is 14.3. The van der Waals surface area contributed by atoms with Crippen LogP contribution < -0.4 is 10.2 Å². The van der Waals surface area contributed by atoms with Crippen LogP contribution in [0.2, 0.25) is 0 Å². The molecule has 2 aromatic carbocycles. The largest absolute Gasteiger partial charge is 0.367 e. The number of carbonyl (C=O) groups excluding carboxylic acids is 1. The van der Waals surface area contributed by atoms with E-state index in [2.05, 4.69) is 33.2 Å². The molecule has 0 aliphatic carbocycles. The maximum atomic E-state index is 12.7. The summed E-state index contributed by atoms with van der Waals surface area (Å²) in [6.45, 7) is 4.00. The van der Waals surface area contributed by atoms with Crippen molar-refractivity contribution in [3.8, 4) is 0 Å². The Labute approximate surface area is 147 Å². The Morgan fingerprint density at radius 2 is 1.72 bits per heavy atom. The Kier molecular flexibility index (Phi) is 4.15. The van der Waals surface area contributed by atoms with Gasteiger partial charge in [0.05, 0.1) is 11.4 Å². The number of aromatic amines is 1. The summed E-state index contributed by atoms with van der Waals surface area (Å²) in [7, 11) is 2.14. The second kappa shape index (κ2) is 6.61. The number of aromatic nitrogens is 1. The van der Waals surface area contributed by atoms with E-state index in [0.29, 0.717) is 5.69 Å². The van der Waals surface area contributed by atoms with E-state index in [9.17, 15) is 4.79 Å². The molecule has 0 bridgehead atoms. The van der Waals surface area contributed by atoms with E-state index in [4.69, 9.17) is 0 Å². The van der Waals surface area contributed by atoms with Crippen molar-refractivity contribution in [1.82, 2.24) is 9.88 Å². The Morgan fingerprint density at radius 1 is 1.00 bits per heavy atom. The van der Waals surface area contributed by atoms with Crippen molar-refractivity contribution in [2.75, 3.05) is 43.4 Å². The van der Waals surface area contributed by atoms with Crippen LogP contribution in [0.1, 0.15) is 10.5 Å². The molecule has 0 atom stereocenters.